The Morgan fingerprint density at radius 3 is 2.65 bits per heavy atom. The molecular formula is C17H26N2O. The summed E-state index contributed by atoms with van der Waals surface area (Å²) < 4.78 is 5.52. The zero-order chi connectivity index (χ0) is 13.9. The van der Waals surface area contributed by atoms with Crippen molar-refractivity contribution in [2.45, 2.75) is 38.3 Å². The number of fused-ring (bicyclic) bond motifs is 2. The molecule has 3 heteroatoms. The molecule has 0 aromatic heterocycles. The Morgan fingerprint density at radius 2 is 2.10 bits per heavy atom. The van der Waals surface area contributed by atoms with Gasteiger partial charge in [-0.1, -0.05) is 12.1 Å². The molecule has 1 saturated heterocycles. The fourth-order valence-electron chi connectivity index (χ4n) is 3.81. The van der Waals surface area contributed by atoms with Gasteiger partial charge in [-0.2, -0.15) is 0 Å². The fraction of sp³-hybridized carbons (Fsp3) is 0.647. The first kappa shape index (κ1) is 13.9. The molecule has 1 aliphatic heterocycles. The maximum Gasteiger partial charge on any atom is 0.119 e. The Kier molecular flexibility index (Phi) is 4.27. The molecule has 2 fully saturated rings. The van der Waals surface area contributed by atoms with E-state index < -0.39 is 0 Å². The smallest absolute Gasteiger partial charge is 0.119 e. The number of ether oxygens (including phenoxy) is 1. The molecule has 0 radical (unpaired) electrons. The Hall–Kier alpha value is -1.06. The minimum absolute atomic E-state index is 0.421. The molecule has 3 unspecified atom stereocenters. The van der Waals surface area contributed by atoms with Gasteiger partial charge in [0, 0.05) is 25.2 Å². The number of rotatable bonds is 6. The Labute approximate surface area is 122 Å². The van der Waals surface area contributed by atoms with Crippen LogP contribution >= 0.6 is 0 Å². The monoisotopic (exact) mass is 274 g/mol. The first-order valence-electron chi connectivity index (χ1n) is 7.94. The third-order valence-electron chi connectivity index (χ3n) is 4.88. The molecule has 0 spiro atoms. The highest BCUT2D eigenvalue weighted by Crippen LogP contribution is 2.38. The van der Waals surface area contributed by atoms with Gasteiger partial charge in [0.05, 0.1) is 6.61 Å². The van der Waals surface area contributed by atoms with Crippen molar-refractivity contribution in [2.24, 2.45) is 5.92 Å². The molecule has 110 valence electrons. The molecular weight excluding hydrogens is 248 g/mol. The summed E-state index contributed by atoms with van der Waals surface area (Å²) in [6, 6.07) is 9.82. The van der Waals surface area contributed by atoms with Crippen LogP contribution < -0.4 is 10.1 Å². The molecule has 3 rings (SSSR count). The number of hydrogen-bond acceptors (Lipinski definition) is 3. The Morgan fingerprint density at radius 1 is 1.30 bits per heavy atom. The van der Waals surface area contributed by atoms with Crippen LogP contribution in [0.4, 0.5) is 0 Å². The van der Waals surface area contributed by atoms with Crippen LogP contribution in [0.15, 0.2) is 24.3 Å². The summed E-state index contributed by atoms with van der Waals surface area (Å²) in [5.74, 6) is 1.93. The topological polar surface area (TPSA) is 24.5 Å². The van der Waals surface area contributed by atoms with Gasteiger partial charge >= 0.3 is 0 Å². The van der Waals surface area contributed by atoms with Crippen LogP contribution in [-0.4, -0.2) is 37.7 Å². The van der Waals surface area contributed by atoms with E-state index in [1.54, 1.807) is 0 Å². The predicted molar refractivity (Wildman–Crippen MR) is 82.1 cm³/mol. The number of likely N-dealkylation sites (N-methyl/N-ethyl adjacent to an activating group) is 1. The summed E-state index contributed by atoms with van der Waals surface area (Å²) in [6.45, 7) is 5.18. The number of benzene rings is 1. The number of hydrogen-bond donors (Lipinski definition) is 1. The molecule has 20 heavy (non-hydrogen) atoms. The second-order valence-corrected chi connectivity index (χ2v) is 6.13. The van der Waals surface area contributed by atoms with Crippen molar-refractivity contribution in [2.75, 3.05) is 26.7 Å². The average Bonchev–Trinajstić information content (AvgIpc) is 3.08. The first-order valence-corrected chi connectivity index (χ1v) is 7.94. The summed E-state index contributed by atoms with van der Waals surface area (Å²) in [4.78, 5) is 2.69. The van der Waals surface area contributed by atoms with E-state index in [1.165, 1.54) is 31.4 Å². The van der Waals surface area contributed by atoms with Crippen molar-refractivity contribution < 1.29 is 4.74 Å². The van der Waals surface area contributed by atoms with Gasteiger partial charge in [0.1, 0.15) is 5.75 Å². The average molecular weight is 274 g/mol. The molecule has 3 nitrogen and oxygen atoms in total. The SMILES string of the molecule is CCOc1ccc(C(CN2CC3CCC2C3)NC)cc1. The number of nitrogens with zero attached hydrogens (tertiary/aromatic N) is 1. The molecule has 1 heterocycles. The maximum absolute atomic E-state index is 5.52. The molecule has 1 saturated carbocycles. The van der Waals surface area contributed by atoms with Gasteiger partial charge in [0.15, 0.2) is 0 Å². The van der Waals surface area contributed by atoms with Crippen LogP contribution in [0.1, 0.15) is 37.8 Å². The lowest BCUT2D eigenvalue weighted by atomic mass is 10.0. The summed E-state index contributed by atoms with van der Waals surface area (Å²) in [5.41, 5.74) is 1.36. The van der Waals surface area contributed by atoms with E-state index in [-0.39, 0.29) is 0 Å². The highest BCUT2D eigenvalue weighted by atomic mass is 16.5. The standard InChI is InChI=1S/C17H26N2O/c1-3-20-16-8-5-14(6-9-16)17(18-2)12-19-11-13-4-7-15(19)10-13/h5-6,8-9,13,15,17-18H,3-4,7,10-12H2,1-2H3. The van der Waals surface area contributed by atoms with E-state index in [2.05, 4.69) is 41.5 Å². The van der Waals surface area contributed by atoms with E-state index in [4.69, 9.17) is 4.74 Å². The quantitative estimate of drug-likeness (QED) is 0.863. The third-order valence-corrected chi connectivity index (χ3v) is 4.88. The zero-order valence-corrected chi connectivity index (χ0v) is 12.6. The first-order chi connectivity index (χ1) is 9.80. The number of piperidine rings is 1. The van der Waals surface area contributed by atoms with Gasteiger partial charge < -0.3 is 10.1 Å². The number of nitrogens with one attached hydrogen (secondary N) is 1. The lowest BCUT2D eigenvalue weighted by Gasteiger charge is -2.31. The molecule has 0 amide bonds. The molecule has 1 aromatic rings. The van der Waals surface area contributed by atoms with Crippen molar-refractivity contribution in [3.8, 4) is 5.75 Å². The van der Waals surface area contributed by atoms with E-state index in [0.717, 1.165) is 30.9 Å². The van der Waals surface area contributed by atoms with Crippen LogP contribution in [-0.2, 0) is 0 Å². The molecule has 1 N–H and O–H groups in total. The van der Waals surface area contributed by atoms with Crippen molar-refractivity contribution in [3.05, 3.63) is 29.8 Å². The highest BCUT2D eigenvalue weighted by molar-refractivity contribution is 5.29. The van der Waals surface area contributed by atoms with Crippen LogP contribution in [0.25, 0.3) is 0 Å². The van der Waals surface area contributed by atoms with E-state index in [1.807, 2.05) is 6.92 Å². The van der Waals surface area contributed by atoms with E-state index in [9.17, 15) is 0 Å². The predicted octanol–water partition coefficient (Wildman–Crippen LogP) is 2.83. The summed E-state index contributed by atoms with van der Waals surface area (Å²) in [7, 11) is 2.06. The van der Waals surface area contributed by atoms with Crippen molar-refractivity contribution in [3.63, 3.8) is 0 Å². The second-order valence-electron chi connectivity index (χ2n) is 6.13. The van der Waals surface area contributed by atoms with Crippen LogP contribution in [0.2, 0.25) is 0 Å². The van der Waals surface area contributed by atoms with Gasteiger partial charge in [-0.25, -0.2) is 0 Å². The molecule has 1 aromatic carbocycles. The molecule has 1 aliphatic carbocycles. The largest absolute Gasteiger partial charge is 0.494 e. The van der Waals surface area contributed by atoms with Gasteiger partial charge in [-0.05, 0) is 56.8 Å². The zero-order valence-electron chi connectivity index (χ0n) is 12.6. The Balaban J connectivity index is 1.63. The molecule has 2 aliphatic rings. The van der Waals surface area contributed by atoms with E-state index >= 15 is 0 Å². The minimum atomic E-state index is 0.421. The van der Waals surface area contributed by atoms with Gasteiger partial charge in [0.25, 0.3) is 0 Å². The normalized spacial score (nSPS) is 26.9. The lowest BCUT2D eigenvalue weighted by Crippen LogP contribution is -2.38. The van der Waals surface area contributed by atoms with Crippen LogP contribution in [0.5, 0.6) is 5.75 Å². The van der Waals surface area contributed by atoms with E-state index in [0.29, 0.717) is 6.04 Å². The highest BCUT2D eigenvalue weighted by Gasteiger charge is 2.38. The lowest BCUT2D eigenvalue weighted by molar-refractivity contribution is 0.194. The van der Waals surface area contributed by atoms with Gasteiger partial charge in [0.2, 0.25) is 0 Å². The molecule has 2 bridgehead atoms. The third kappa shape index (κ3) is 2.84. The second kappa shape index (κ2) is 6.15. The van der Waals surface area contributed by atoms with Crippen LogP contribution in [0.3, 0.4) is 0 Å². The summed E-state index contributed by atoms with van der Waals surface area (Å²) in [5, 5.41) is 3.47. The van der Waals surface area contributed by atoms with Crippen molar-refractivity contribution in [1.82, 2.24) is 10.2 Å². The van der Waals surface area contributed by atoms with Gasteiger partial charge in [-0.3, -0.25) is 4.90 Å². The number of likely N-dealkylation sites (tertiary alicyclic amines) is 1. The van der Waals surface area contributed by atoms with Crippen LogP contribution in [0, 0.1) is 5.92 Å². The van der Waals surface area contributed by atoms with Gasteiger partial charge in [-0.15, -0.1) is 0 Å². The van der Waals surface area contributed by atoms with Crippen molar-refractivity contribution in [1.29, 1.82) is 0 Å². The molecule has 3 atom stereocenters. The fourth-order valence-corrected chi connectivity index (χ4v) is 3.81. The maximum atomic E-state index is 5.52. The summed E-state index contributed by atoms with van der Waals surface area (Å²) in [6.07, 6.45) is 4.29. The Bertz CT molecular complexity index is 431. The van der Waals surface area contributed by atoms with Crippen molar-refractivity contribution >= 4 is 0 Å². The minimum Gasteiger partial charge on any atom is -0.494 e. The summed E-state index contributed by atoms with van der Waals surface area (Å²) >= 11 is 0.